The van der Waals surface area contributed by atoms with Gasteiger partial charge in [0, 0.05) is 4.53 Å². The van der Waals surface area contributed by atoms with Crippen molar-refractivity contribution < 1.29 is 13.9 Å². The highest BCUT2D eigenvalue weighted by Crippen LogP contribution is 1.64. The third kappa shape index (κ3) is 67.8. The molecule has 0 N–H and O–H groups in total. The first-order valence-corrected chi connectivity index (χ1v) is 1.93. The topological polar surface area (TPSA) is 9.23 Å². The van der Waals surface area contributed by atoms with Gasteiger partial charge in [-0.15, -0.1) is 0 Å². The molecule has 0 unspecified atom stereocenters. The molecule has 0 bridgehead atoms. The lowest BCUT2D eigenvalue weighted by molar-refractivity contribution is -0.0611. The number of rotatable bonds is 1. The zero-order chi connectivity index (χ0) is 6.83. The van der Waals surface area contributed by atoms with Crippen molar-refractivity contribution in [1.82, 2.24) is 0 Å². The van der Waals surface area contributed by atoms with E-state index in [1.165, 1.54) is 6.08 Å². The average Bonchev–Trinajstić information content (AvgIpc) is 1.88. The number of halogens is 2. The van der Waals surface area contributed by atoms with Gasteiger partial charge in [0.15, 0.2) is 0 Å². The van der Waals surface area contributed by atoms with Crippen LogP contribution in [-0.4, -0.2) is 0 Å². The summed E-state index contributed by atoms with van der Waals surface area (Å²) < 4.78 is 20.6. The van der Waals surface area contributed by atoms with E-state index in [0.717, 1.165) is 0 Å². The standard InChI is InChI=1S/C3H5F.C2H3FO/c1-2-3-4;1-2-4-3/h2-3H,1H3;2H,1H2. The van der Waals surface area contributed by atoms with Crippen LogP contribution in [0.1, 0.15) is 6.92 Å². The molecule has 0 aromatic carbocycles. The van der Waals surface area contributed by atoms with E-state index in [4.69, 9.17) is 0 Å². The van der Waals surface area contributed by atoms with Gasteiger partial charge in [0.1, 0.15) is 6.26 Å². The molecule has 0 amide bonds. The summed E-state index contributed by atoms with van der Waals surface area (Å²) in [5, 5.41) is 0. The van der Waals surface area contributed by atoms with Gasteiger partial charge >= 0.3 is 0 Å². The SMILES string of the molecule is C=COF.CC=CF. The zero-order valence-electron chi connectivity index (χ0n) is 4.60. The maximum absolute atomic E-state index is 10.5. The van der Waals surface area contributed by atoms with Gasteiger partial charge in [0.2, 0.25) is 0 Å². The predicted molar refractivity (Wildman–Crippen MR) is 28.3 cm³/mol. The third-order valence-electron chi connectivity index (χ3n) is 0.189. The molecule has 0 fully saturated rings. The molecular weight excluding hydrogens is 114 g/mol. The summed E-state index contributed by atoms with van der Waals surface area (Å²) in [7, 11) is 0. The van der Waals surface area contributed by atoms with Crippen molar-refractivity contribution in [1.29, 1.82) is 0 Å². The molecule has 48 valence electrons. The molecule has 0 aromatic rings. The van der Waals surface area contributed by atoms with Crippen molar-refractivity contribution in [2.24, 2.45) is 0 Å². The minimum atomic E-state index is 0.500. The van der Waals surface area contributed by atoms with Crippen LogP contribution < -0.4 is 0 Å². The Labute approximate surface area is 47.2 Å². The second kappa shape index (κ2) is 16.5. The van der Waals surface area contributed by atoms with Crippen molar-refractivity contribution in [3.8, 4) is 0 Å². The molecule has 0 saturated carbocycles. The lowest BCUT2D eigenvalue weighted by Crippen LogP contribution is -1.41. The monoisotopic (exact) mass is 122 g/mol. The predicted octanol–water partition coefficient (Wildman–Crippen LogP) is 2.52. The molecule has 0 radical (unpaired) electrons. The normalized spacial score (nSPS) is 7.38. The van der Waals surface area contributed by atoms with Gasteiger partial charge in [0.05, 0.1) is 6.33 Å². The minimum Gasteiger partial charge on any atom is -0.303 e. The molecule has 0 aromatic heterocycles. The summed E-state index contributed by atoms with van der Waals surface area (Å²) in [5.74, 6) is 0. The first kappa shape index (κ1) is 10.2. The fourth-order valence-electron chi connectivity index (χ4n) is 0. The van der Waals surface area contributed by atoms with Crippen LogP contribution in [0.5, 0.6) is 0 Å². The molecule has 0 aliphatic carbocycles. The highest BCUT2D eigenvalue weighted by atomic mass is 19.3. The van der Waals surface area contributed by atoms with E-state index in [1.54, 1.807) is 6.92 Å². The highest BCUT2D eigenvalue weighted by Gasteiger charge is 1.43. The molecule has 8 heavy (non-hydrogen) atoms. The van der Waals surface area contributed by atoms with Crippen molar-refractivity contribution in [3.63, 3.8) is 0 Å². The van der Waals surface area contributed by atoms with Gasteiger partial charge in [-0.05, 0) is 6.92 Å². The molecule has 0 rings (SSSR count). The second-order valence-electron chi connectivity index (χ2n) is 0.715. The lowest BCUT2D eigenvalue weighted by atomic mass is 10.8. The van der Waals surface area contributed by atoms with E-state index < -0.39 is 0 Å². The van der Waals surface area contributed by atoms with Crippen LogP contribution in [0.3, 0.4) is 0 Å². The third-order valence-corrected chi connectivity index (χ3v) is 0.189. The van der Waals surface area contributed by atoms with Crippen LogP contribution in [0.4, 0.5) is 8.92 Å². The number of hydrogen-bond acceptors (Lipinski definition) is 1. The Balaban J connectivity index is 0. The number of allylic oxidation sites excluding steroid dienone is 1. The molecule has 0 heterocycles. The van der Waals surface area contributed by atoms with Crippen LogP contribution in [0.25, 0.3) is 0 Å². The van der Waals surface area contributed by atoms with Crippen LogP contribution >= 0.6 is 0 Å². The smallest absolute Gasteiger partial charge is 0.128 e. The molecule has 0 aliphatic heterocycles. The summed E-state index contributed by atoms with van der Waals surface area (Å²) in [4.78, 5) is 2.81. The quantitative estimate of drug-likeness (QED) is 0.485. The van der Waals surface area contributed by atoms with Crippen LogP contribution in [0, 0.1) is 0 Å². The van der Waals surface area contributed by atoms with Crippen molar-refractivity contribution in [3.05, 3.63) is 25.2 Å². The van der Waals surface area contributed by atoms with Crippen LogP contribution in [0.15, 0.2) is 25.2 Å². The van der Waals surface area contributed by atoms with E-state index in [0.29, 0.717) is 12.6 Å². The molecule has 0 saturated heterocycles. The summed E-state index contributed by atoms with van der Waals surface area (Å²) in [6.45, 7) is 4.51. The zero-order valence-corrected chi connectivity index (χ0v) is 4.60. The summed E-state index contributed by atoms with van der Waals surface area (Å²) in [5.41, 5.74) is 0. The molecule has 0 atom stereocenters. The van der Waals surface area contributed by atoms with Crippen molar-refractivity contribution in [2.45, 2.75) is 6.92 Å². The molecule has 3 heteroatoms. The lowest BCUT2D eigenvalue weighted by Gasteiger charge is -1.62. The van der Waals surface area contributed by atoms with Crippen LogP contribution in [0.2, 0.25) is 0 Å². The Kier molecular flexibility index (Phi) is 21.0. The Hall–Kier alpha value is -0.860. The largest absolute Gasteiger partial charge is 0.303 e. The maximum atomic E-state index is 10.5. The van der Waals surface area contributed by atoms with Gasteiger partial charge in [-0.1, -0.05) is 12.7 Å². The molecule has 0 aliphatic rings. The summed E-state index contributed by atoms with van der Waals surface area (Å²) in [6, 6.07) is 0. The average molecular weight is 122 g/mol. The Bertz CT molecular complexity index is 57.4. The van der Waals surface area contributed by atoms with Gasteiger partial charge in [-0.2, -0.15) is 0 Å². The Morgan fingerprint density at radius 2 is 1.88 bits per heavy atom. The first-order chi connectivity index (χ1) is 3.83. The van der Waals surface area contributed by atoms with E-state index in [9.17, 15) is 8.92 Å². The second-order valence-corrected chi connectivity index (χ2v) is 0.715. The highest BCUT2D eigenvalue weighted by molar-refractivity contribution is 4.61. The van der Waals surface area contributed by atoms with Gasteiger partial charge in [-0.3, -0.25) is 0 Å². The fourth-order valence-corrected chi connectivity index (χ4v) is 0. The Morgan fingerprint density at radius 3 is 1.88 bits per heavy atom. The molecule has 0 spiro atoms. The van der Waals surface area contributed by atoms with E-state index >= 15 is 0 Å². The molecule has 1 nitrogen and oxygen atoms in total. The first-order valence-electron chi connectivity index (χ1n) is 1.93. The summed E-state index contributed by atoms with van der Waals surface area (Å²) in [6.07, 6.45) is 2.54. The van der Waals surface area contributed by atoms with E-state index in [-0.39, 0.29) is 0 Å². The summed E-state index contributed by atoms with van der Waals surface area (Å²) >= 11 is 0. The van der Waals surface area contributed by atoms with Crippen LogP contribution in [-0.2, 0) is 4.94 Å². The minimum absolute atomic E-state index is 0.500. The molecular formula is C5H8F2O. The van der Waals surface area contributed by atoms with E-state index in [2.05, 4.69) is 11.5 Å². The van der Waals surface area contributed by atoms with Crippen molar-refractivity contribution >= 4 is 0 Å². The fraction of sp³-hybridized carbons (Fsp3) is 0.200. The van der Waals surface area contributed by atoms with E-state index in [1.807, 2.05) is 0 Å². The van der Waals surface area contributed by atoms with Gasteiger partial charge in [0.25, 0.3) is 0 Å². The Morgan fingerprint density at radius 1 is 1.62 bits per heavy atom. The number of hydrogen-bond donors (Lipinski definition) is 0. The van der Waals surface area contributed by atoms with Gasteiger partial charge in [-0.25, -0.2) is 4.39 Å². The maximum Gasteiger partial charge on any atom is 0.128 e. The van der Waals surface area contributed by atoms with Crippen molar-refractivity contribution in [2.75, 3.05) is 0 Å². The van der Waals surface area contributed by atoms with Gasteiger partial charge < -0.3 is 4.94 Å².